The van der Waals surface area contributed by atoms with Crippen molar-refractivity contribution in [3.05, 3.63) is 70.1 Å². The topological polar surface area (TPSA) is 136 Å². The van der Waals surface area contributed by atoms with Crippen molar-refractivity contribution in [2.24, 2.45) is 11.5 Å². The number of benzene rings is 1. The van der Waals surface area contributed by atoms with E-state index in [1.165, 1.54) is 22.2 Å². The molecule has 0 bridgehead atoms. The summed E-state index contributed by atoms with van der Waals surface area (Å²) in [6, 6.07) is 8.02. The lowest BCUT2D eigenvalue weighted by Gasteiger charge is -2.22. The van der Waals surface area contributed by atoms with E-state index >= 15 is 0 Å². The van der Waals surface area contributed by atoms with Gasteiger partial charge in [0.2, 0.25) is 5.91 Å². The van der Waals surface area contributed by atoms with Crippen LogP contribution in [0.2, 0.25) is 0 Å². The first kappa shape index (κ1) is 21.7. The Morgan fingerprint density at radius 2 is 1.97 bits per heavy atom. The van der Waals surface area contributed by atoms with Crippen molar-refractivity contribution in [2.45, 2.75) is 25.4 Å². The average Bonchev–Trinajstić information content (AvgIpc) is 3.37. The summed E-state index contributed by atoms with van der Waals surface area (Å²) in [5.41, 5.74) is 13.7. The van der Waals surface area contributed by atoms with Crippen LogP contribution in [0.5, 0.6) is 0 Å². The molecule has 2 amide bonds. The number of thiophene rings is 1. The highest BCUT2D eigenvalue weighted by Crippen LogP contribution is 2.37. The van der Waals surface area contributed by atoms with Gasteiger partial charge in [-0.1, -0.05) is 18.2 Å². The highest BCUT2D eigenvalue weighted by atomic mass is 32.1. The summed E-state index contributed by atoms with van der Waals surface area (Å²) in [5, 5.41) is 3.65. The monoisotopic (exact) mass is 452 g/mol. The first-order valence-electron chi connectivity index (χ1n) is 10.1. The van der Waals surface area contributed by atoms with Crippen LogP contribution in [0.4, 0.5) is 5.00 Å². The second-order valence-corrected chi connectivity index (χ2v) is 8.91. The van der Waals surface area contributed by atoms with E-state index in [1.54, 1.807) is 30.5 Å². The molecule has 0 radical (unpaired) electrons. The second-order valence-electron chi connectivity index (χ2n) is 7.81. The summed E-state index contributed by atoms with van der Waals surface area (Å²) in [7, 11) is 2.01. The summed E-state index contributed by atoms with van der Waals surface area (Å²) in [6.45, 7) is 1.55. The molecule has 32 heavy (non-hydrogen) atoms. The minimum atomic E-state index is -0.818. The number of imidazole rings is 1. The molecule has 3 aromatic rings. The molecule has 0 fully saturated rings. The van der Waals surface area contributed by atoms with Gasteiger partial charge in [0.1, 0.15) is 17.4 Å². The standard InChI is InChI=1S/C22H24N6O3S/c1-27-8-7-15-17(11-27)32-21(18(15)20(24)30)26-16(19(23)29)9-14-10-28(12-25-14)22(31)13-5-3-2-4-6-13/h2-6,10,12,16,26H,7-9,11H2,1H3,(H2,23,29)(H2,24,30)/t16-/m0/s1. The summed E-state index contributed by atoms with van der Waals surface area (Å²) in [5.74, 6) is -1.35. The summed E-state index contributed by atoms with van der Waals surface area (Å²) in [4.78, 5) is 44.4. The first-order chi connectivity index (χ1) is 15.3. The van der Waals surface area contributed by atoms with Crippen LogP contribution < -0.4 is 16.8 Å². The number of carbonyl (C=O) groups excluding carboxylic acids is 3. The Balaban J connectivity index is 1.55. The number of nitrogens with two attached hydrogens (primary N) is 2. The molecule has 0 spiro atoms. The van der Waals surface area contributed by atoms with Gasteiger partial charge in [0.25, 0.3) is 11.8 Å². The fourth-order valence-electron chi connectivity index (χ4n) is 3.79. The summed E-state index contributed by atoms with van der Waals surface area (Å²) >= 11 is 1.42. The number of nitrogens with zero attached hydrogens (tertiary/aromatic N) is 3. The molecule has 1 atom stereocenters. The first-order valence-corrected chi connectivity index (χ1v) is 11.0. The third-order valence-corrected chi connectivity index (χ3v) is 6.60. The Labute approximate surface area is 189 Å². The van der Waals surface area contributed by atoms with Crippen molar-refractivity contribution in [1.82, 2.24) is 14.5 Å². The van der Waals surface area contributed by atoms with Gasteiger partial charge in [-0.2, -0.15) is 0 Å². The van der Waals surface area contributed by atoms with Gasteiger partial charge in [0, 0.05) is 36.1 Å². The van der Waals surface area contributed by atoms with Crippen molar-refractivity contribution in [3.63, 3.8) is 0 Å². The van der Waals surface area contributed by atoms with Crippen molar-refractivity contribution in [2.75, 3.05) is 18.9 Å². The Kier molecular flexibility index (Phi) is 6.06. The number of fused-ring (bicyclic) bond motifs is 1. The maximum Gasteiger partial charge on any atom is 0.263 e. The zero-order valence-corrected chi connectivity index (χ0v) is 18.4. The molecule has 9 nitrogen and oxygen atoms in total. The van der Waals surface area contributed by atoms with Crippen LogP contribution in [0.25, 0.3) is 0 Å². The highest BCUT2D eigenvalue weighted by Gasteiger charge is 2.28. The molecule has 0 aliphatic carbocycles. The van der Waals surface area contributed by atoms with Crippen LogP contribution in [-0.4, -0.2) is 51.8 Å². The van der Waals surface area contributed by atoms with Gasteiger partial charge in [-0.15, -0.1) is 11.3 Å². The Morgan fingerprint density at radius 1 is 1.22 bits per heavy atom. The van der Waals surface area contributed by atoms with Gasteiger partial charge in [-0.05, 0) is 31.2 Å². The largest absolute Gasteiger partial charge is 0.368 e. The zero-order chi connectivity index (χ0) is 22.8. The minimum Gasteiger partial charge on any atom is -0.368 e. The molecule has 3 heterocycles. The third kappa shape index (κ3) is 4.41. The molecule has 1 aliphatic rings. The molecule has 10 heteroatoms. The van der Waals surface area contributed by atoms with Gasteiger partial charge in [0.05, 0.1) is 11.3 Å². The van der Waals surface area contributed by atoms with E-state index in [4.69, 9.17) is 11.5 Å². The van der Waals surface area contributed by atoms with E-state index in [1.807, 2.05) is 13.1 Å². The summed E-state index contributed by atoms with van der Waals surface area (Å²) < 4.78 is 1.37. The number of anilines is 1. The van der Waals surface area contributed by atoms with E-state index in [2.05, 4.69) is 15.2 Å². The minimum absolute atomic E-state index is 0.158. The highest BCUT2D eigenvalue weighted by molar-refractivity contribution is 7.16. The number of rotatable bonds is 7. The predicted molar refractivity (Wildman–Crippen MR) is 122 cm³/mol. The van der Waals surface area contributed by atoms with Crippen molar-refractivity contribution >= 4 is 34.1 Å². The zero-order valence-electron chi connectivity index (χ0n) is 17.6. The number of likely N-dealkylation sites (N-methyl/N-ethyl adjacent to an activating group) is 1. The molecule has 5 N–H and O–H groups in total. The molecule has 2 aromatic heterocycles. The number of nitrogens with one attached hydrogen (secondary N) is 1. The van der Waals surface area contributed by atoms with Crippen LogP contribution >= 0.6 is 11.3 Å². The number of primary amides is 2. The average molecular weight is 453 g/mol. The Bertz CT molecular complexity index is 1170. The number of carbonyl (C=O) groups is 3. The molecular formula is C22H24N6O3S. The predicted octanol–water partition coefficient (Wildman–Crippen LogP) is 1.23. The van der Waals surface area contributed by atoms with Crippen LogP contribution in [0.1, 0.15) is 36.9 Å². The smallest absolute Gasteiger partial charge is 0.263 e. The van der Waals surface area contributed by atoms with Crippen LogP contribution in [0, 0.1) is 0 Å². The van der Waals surface area contributed by atoms with E-state index in [-0.39, 0.29) is 12.3 Å². The fraction of sp³-hybridized carbons (Fsp3) is 0.273. The third-order valence-electron chi connectivity index (χ3n) is 5.45. The lowest BCUT2D eigenvalue weighted by molar-refractivity contribution is -0.118. The van der Waals surface area contributed by atoms with E-state index in [0.717, 1.165) is 30.0 Å². The van der Waals surface area contributed by atoms with Gasteiger partial charge in [-0.3, -0.25) is 19.0 Å². The van der Waals surface area contributed by atoms with Crippen molar-refractivity contribution < 1.29 is 14.4 Å². The molecule has 166 valence electrons. The molecule has 0 saturated carbocycles. The maximum absolute atomic E-state index is 12.6. The van der Waals surface area contributed by atoms with Crippen LogP contribution in [0.15, 0.2) is 42.9 Å². The number of hydrogen-bond acceptors (Lipinski definition) is 7. The number of amides is 2. The van der Waals surface area contributed by atoms with E-state index in [0.29, 0.717) is 21.8 Å². The van der Waals surface area contributed by atoms with E-state index < -0.39 is 17.9 Å². The molecule has 0 unspecified atom stereocenters. The molecule has 0 saturated heterocycles. The lowest BCUT2D eigenvalue weighted by atomic mass is 10.0. The van der Waals surface area contributed by atoms with Crippen LogP contribution in [-0.2, 0) is 24.2 Å². The lowest BCUT2D eigenvalue weighted by Crippen LogP contribution is -2.37. The van der Waals surface area contributed by atoms with Crippen molar-refractivity contribution in [3.8, 4) is 0 Å². The van der Waals surface area contributed by atoms with Gasteiger partial charge in [-0.25, -0.2) is 4.98 Å². The number of aromatic nitrogens is 2. The van der Waals surface area contributed by atoms with Gasteiger partial charge < -0.3 is 21.7 Å². The summed E-state index contributed by atoms with van der Waals surface area (Å²) in [6.07, 6.45) is 3.87. The fourth-order valence-corrected chi connectivity index (χ4v) is 5.18. The van der Waals surface area contributed by atoms with Crippen molar-refractivity contribution in [1.29, 1.82) is 0 Å². The second kappa shape index (κ2) is 8.93. The van der Waals surface area contributed by atoms with E-state index in [9.17, 15) is 14.4 Å². The van der Waals surface area contributed by atoms with Gasteiger partial charge in [0.15, 0.2) is 0 Å². The van der Waals surface area contributed by atoms with Gasteiger partial charge >= 0.3 is 0 Å². The molecule has 1 aliphatic heterocycles. The maximum atomic E-state index is 12.6. The molecule has 4 rings (SSSR count). The number of hydrogen-bond donors (Lipinski definition) is 3. The normalized spacial score (nSPS) is 14.5. The van der Waals surface area contributed by atoms with Crippen LogP contribution in [0.3, 0.4) is 0 Å². The SMILES string of the molecule is CN1CCc2c(sc(N[C@@H](Cc3cn(C(=O)c4ccccc4)cn3)C(N)=O)c2C(N)=O)C1. The quantitative estimate of drug-likeness (QED) is 0.493. The Hall–Kier alpha value is -3.50. The molecule has 1 aromatic carbocycles. The molecular weight excluding hydrogens is 428 g/mol. The Morgan fingerprint density at radius 3 is 2.66 bits per heavy atom.